The number of anilines is 1. The second kappa shape index (κ2) is 7.25. The highest BCUT2D eigenvalue weighted by atomic mass is 16.5. The van der Waals surface area contributed by atoms with E-state index in [1.807, 2.05) is 0 Å². The number of methoxy groups -OCH3 is 2. The summed E-state index contributed by atoms with van der Waals surface area (Å²) in [5, 5.41) is 6.23. The van der Waals surface area contributed by atoms with E-state index in [4.69, 9.17) is 9.47 Å². The van der Waals surface area contributed by atoms with E-state index in [1.165, 1.54) is 26.5 Å². The van der Waals surface area contributed by atoms with E-state index in [1.54, 1.807) is 23.1 Å². The lowest BCUT2D eigenvalue weighted by Gasteiger charge is -2.22. The van der Waals surface area contributed by atoms with Crippen molar-refractivity contribution in [3.05, 3.63) is 36.1 Å². The molecule has 0 spiro atoms. The van der Waals surface area contributed by atoms with E-state index in [0.29, 0.717) is 22.9 Å². The smallest absolute Gasteiger partial charge is 0.254 e. The second-order valence-corrected chi connectivity index (χ2v) is 5.67. The predicted octanol–water partition coefficient (Wildman–Crippen LogP) is 1.94. The molecule has 1 heterocycles. The van der Waals surface area contributed by atoms with Gasteiger partial charge in [-0.1, -0.05) is 5.16 Å². The van der Waals surface area contributed by atoms with E-state index < -0.39 is 0 Å². The van der Waals surface area contributed by atoms with Gasteiger partial charge in [0.1, 0.15) is 12.8 Å². The van der Waals surface area contributed by atoms with Gasteiger partial charge in [-0.3, -0.25) is 9.59 Å². The molecule has 3 rings (SSSR count). The van der Waals surface area contributed by atoms with Gasteiger partial charge in [-0.25, -0.2) is 0 Å². The summed E-state index contributed by atoms with van der Waals surface area (Å²) < 4.78 is 15.1. The fraction of sp³-hybridized carbons (Fsp3) is 0.353. The summed E-state index contributed by atoms with van der Waals surface area (Å²) in [6.45, 7) is -0.0509. The minimum Gasteiger partial charge on any atom is -0.493 e. The van der Waals surface area contributed by atoms with Crippen LogP contribution in [0.15, 0.2) is 35.1 Å². The normalized spacial score (nSPS) is 13.2. The van der Waals surface area contributed by atoms with E-state index in [9.17, 15) is 9.59 Å². The minimum atomic E-state index is -0.324. The molecule has 1 aromatic carbocycles. The van der Waals surface area contributed by atoms with Crippen LogP contribution in [0.3, 0.4) is 0 Å². The Hall–Kier alpha value is -3.03. The standard InChI is InChI=1S/C17H19N3O5/c1-23-13-6-3-11(9-14(13)24-2)17(22)20(12-4-5-12)10-16(21)18-15-7-8-25-19-15/h3,6-9,12H,4-5,10H2,1-2H3,(H,18,19,21). The molecule has 1 aliphatic rings. The number of nitrogens with zero attached hydrogens (tertiary/aromatic N) is 2. The number of benzene rings is 1. The summed E-state index contributed by atoms with van der Waals surface area (Å²) in [6, 6.07) is 6.56. The molecule has 8 heteroatoms. The van der Waals surface area contributed by atoms with Crippen LogP contribution in [-0.4, -0.2) is 48.7 Å². The molecule has 1 saturated carbocycles. The lowest BCUT2D eigenvalue weighted by atomic mass is 10.1. The number of hydrogen-bond donors (Lipinski definition) is 1. The molecule has 1 aromatic heterocycles. The molecule has 0 aliphatic heterocycles. The first-order chi connectivity index (χ1) is 12.1. The molecule has 0 unspecified atom stereocenters. The van der Waals surface area contributed by atoms with Crippen molar-refractivity contribution in [2.24, 2.45) is 0 Å². The van der Waals surface area contributed by atoms with Gasteiger partial charge in [0.25, 0.3) is 5.91 Å². The van der Waals surface area contributed by atoms with Crippen LogP contribution in [-0.2, 0) is 4.79 Å². The van der Waals surface area contributed by atoms with Gasteiger partial charge >= 0.3 is 0 Å². The zero-order valence-corrected chi connectivity index (χ0v) is 14.0. The van der Waals surface area contributed by atoms with Crippen LogP contribution >= 0.6 is 0 Å². The van der Waals surface area contributed by atoms with E-state index >= 15 is 0 Å². The number of carbonyl (C=O) groups excluding carboxylic acids is 2. The molecule has 0 radical (unpaired) electrons. The fourth-order valence-corrected chi connectivity index (χ4v) is 2.50. The topological polar surface area (TPSA) is 93.9 Å². The maximum absolute atomic E-state index is 12.8. The lowest BCUT2D eigenvalue weighted by molar-refractivity contribution is -0.117. The van der Waals surface area contributed by atoms with Crippen LogP contribution in [0.25, 0.3) is 0 Å². The van der Waals surface area contributed by atoms with Gasteiger partial charge in [0, 0.05) is 17.7 Å². The maximum Gasteiger partial charge on any atom is 0.254 e. The summed E-state index contributed by atoms with van der Waals surface area (Å²) in [6.07, 6.45) is 3.13. The minimum absolute atomic E-state index is 0.0509. The Labute approximate surface area is 144 Å². The van der Waals surface area contributed by atoms with Gasteiger partial charge in [-0.2, -0.15) is 0 Å². The molecular weight excluding hydrogens is 326 g/mol. The molecule has 2 aromatic rings. The van der Waals surface area contributed by atoms with Gasteiger partial charge in [0.05, 0.1) is 14.2 Å². The quantitative estimate of drug-likeness (QED) is 0.824. The third-order valence-electron chi connectivity index (χ3n) is 3.90. The number of hydrogen-bond acceptors (Lipinski definition) is 6. The summed E-state index contributed by atoms with van der Waals surface area (Å²) >= 11 is 0. The van der Waals surface area contributed by atoms with Gasteiger partial charge in [0.15, 0.2) is 17.3 Å². The first kappa shape index (κ1) is 16.8. The highest BCUT2D eigenvalue weighted by Gasteiger charge is 2.34. The van der Waals surface area contributed by atoms with Crippen molar-refractivity contribution in [3.8, 4) is 11.5 Å². The van der Waals surface area contributed by atoms with Gasteiger partial charge in [-0.05, 0) is 31.0 Å². The number of ether oxygens (including phenoxy) is 2. The van der Waals surface area contributed by atoms with Crippen LogP contribution in [0.4, 0.5) is 5.82 Å². The number of rotatable bonds is 7. The molecule has 2 amide bonds. The Balaban J connectivity index is 1.74. The Morgan fingerprint density at radius 1 is 1.24 bits per heavy atom. The monoisotopic (exact) mass is 345 g/mol. The Kier molecular flexibility index (Phi) is 4.87. The van der Waals surface area contributed by atoms with Crippen LogP contribution in [0.5, 0.6) is 11.5 Å². The number of amides is 2. The summed E-state index contributed by atoms with van der Waals surface area (Å²) in [5.41, 5.74) is 0.443. The summed E-state index contributed by atoms with van der Waals surface area (Å²) in [4.78, 5) is 26.6. The SMILES string of the molecule is COc1ccc(C(=O)N(CC(=O)Nc2ccon2)C2CC2)cc1OC. The highest BCUT2D eigenvalue weighted by Crippen LogP contribution is 2.31. The van der Waals surface area contributed by atoms with Crippen LogP contribution in [0.2, 0.25) is 0 Å². The Morgan fingerprint density at radius 2 is 2.00 bits per heavy atom. The molecule has 0 bridgehead atoms. The molecule has 0 atom stereocenters. The van der Waals surface area contributed by atoms with Gasteiger partial charge in [0.2, 0.25) is 5.91 Å². The molecule has 0 saturated heterocycles. The third kappa shape index (κ3) is 3.90. The van der Waals surface area contributed by atoms with Crippen molar-refractivity contribution in [2.75, 3.05) is 26.1 Å². The van der Waals surface area contributed by atoms with E-state index in [2.05, 4.69) is 15.0 Å². The number of nitrogens with one attached hydrogen (secondary N) is 1. The molecular formula is C17H19N3O5. The highest BCUT2D eigenvalue weighted by molar-refractivity contribution is 5.99. The average Bonchev–Trinajstić information content (AvgIpc) is 3.35. The summed E-state index contributed by atoms with van der Waals surface area (Å²) in [7, 11) is 3.04. The predicted molar refractivity (Wildman–Crippen MR) is 88.7 cm³/mol. The molecule has 132 valence electrons. The molecule has 1 N–H and O–H groups in total. The molecule has 1 fully saturated rings. The molecule has 25 heavy (non-hydrogen) atoms. The Morgan fingerprint density at radius 3 is 2.60 bits per heavy atom. The van der Waals surface area contributed by atoms with Crippen molar-refractivity contribution in [3.63, 3.8) is 0 Å². The largest absolute Gasteiger partial charge is 0.493 e. The third-order valence-corrected chi connectivity index (χ3v) is 3.90. The van der Waals surface area contributed by atoms with Crippen molar-refractivity contribution < 1.29 is 23.6 Å². The van der Waals surface area contributed by atoms with Crippen molar-refractivity contribution in [1.29, 1.82) is 0 Å². The van der Waals surface area contributed by atoms with E-state index in [0.717, 1.165) is 12.8 Å². The molecule has 8 nitrogen and oxygen atoms in total. The Bertz CT molecular complexity index is 756. The maximum atomic E-state index is 12.8. The summed E-state index contributed by atoms with van der Waals surface area (Å²) in [5.74, 6) is 0.782. The van der Waals surface area contributed by atoms with E-state index in [-0.39, 0.29) is 24.4 Å². The van der Waals surface area contributed by atoms with Crippen molar-refractivity contribution >= 4 is 17.6 Å². The fourth-order valence-electron chi connectivity index (χ4n) is 2.50. The van der Waals surface area contributed by atoms with Crippen molar-refractivity contribution in [2.45, 2.75) is 18.9 Å². The number of carbonyl (C=O) groups is 2. The zero-order valence-electron chi connectivity index (χ0n) is 14.0. The van der Waals surface area contributed by atoms with Gasteiger partial charge in [-0.15, -0.1) is 0 Å². The van der Waals surface area contributed by atoms with Crippen molar-refractivity contribution in [1.82, 2.24) is 10.1 Å². The lowest BCUT2D eigenvalue weighted by Crippen LogP contribution is -2.39. The first-order valence-corrected chi connectivity index (χ1v) is 7.85. The first-order valence-electron chi connectivity index (χ1n) is 7.85. The van der Waals surface area contributed by atoms with Crippen LogP contribution < -0.4 is 14.8 Å². The zero-order chi connectivity index (χ0) is 17.8. The van der Waals surface area contributed by atoms with Crippen LogP contribution in [0, 0.1) is 0 Å². The molecule has 1 aliphatic carbocycles. The number of aromatic nitrogens is 1. The van der Waals surface area contributed by atoms with Crippen LogP contribution in [0.1, 0.15) is 23.2 Å². The van der Waals surface area contributed by atoms with Gasteiger partial charge < -0.3 is 24.2 Å². The average molecular weight is 345 g/mol. The second-order valence-electron chi connectivity index (χ2n) is 5.67.